The molecule has 0 radical (unpaired) electrons. The molecule has 0 saturated heterocycles. The molecule has 0 unspecified atom stereocenters. The lowest BCUT2D eigenvalue weighted by atomic mass is 9.85. The van der Waals surface area contributed by atoms with E-state index in [2.05, 4.69) is 0 Å². The maximum absolute atomic E-state index is 11.8. The van der Waals surface area contributed by atoms with E-state index >= 15 is 0 Å². The van der Waals surface area contributed by atoms with Crippen molar-refractivity contribution in [2.45, 2.75) is 32.6 Å². The number of hydrogen-bond donors (Lipinski definition) is 1. The van der Waals surface area contributed by atoms with Crippen molar-refractivity contribution in [2.75, 3.05) is 7.11 Å². The van der Waals surface area contributed by atoms with Crippen LogP contribution in [0.15, 0.2) is 6.07 Å². The predicted molar refractivity (Wildman–Crippen MR) is 66.3 cm³/mol. The molecule has 1 N–H and O–H groups in total. The molecule has 0 aromatic heterocycles. The zero-order chi connectivity index (χ0) is 13.3. The number of carboxylic acids is 1. The van der Waals surface area contributed by atoms with Crippen LogP contribution < -0.4 is 4.74 Å². The standard InChI is InChI=1S/C14H16O4/c1-8-10-6-4-3-5-9(10)7-11(18-2)12(8)13(15)14(16)17/h7H,3-6H2,1-2H3,(H,16,17). The van der Waals surface area contributed by atoms with Crippen molar-refractivity contribution >= 4 is 11.8 Å². The number of hydrogen-bond acceptors (Lipinski definition) is 3. The van der Waals surface area contributed by atoms with Crippen LogP contribution in [0.4, 0.5) is 0 Å². The van der Waals surface area contributed by atoms with E-state index in [9.17, 15) is 9.59 Å². The molecule has 1 aromatic carbocycles. The van der Waals surface area contributed by atoms with E-state index in [-0.39, 0.29) is 5.56 Å². The number of aliphatic carboxylic acids is 1. The molecule has 4 nitrogen and oxygen atoms in total. The molecule has 0 amide bonds. The normalized spacial score (nSPS) is 13.9. The predicted octanol–water partition coefficient (Wildman–Crippen LogP) is 2.15. The van der Waals surface area contributed by atoms with Gasteiger partial charge in [0.25, 0.3) is 5.78 Å². The molecule has 4 heteroatoms. The van der Waals surface area contributed by atoms with Crippen LogP contribution >= 0.6 is 0 Å². The number of benzene rings is 1. The average molecular weight is 248 g/mol. The Hall–Kier alpha value is -1.84. The Balaban J connectivity index is 2.64. The first kappa shape index (κ1) is 12.6. The zero-order valence-electron chi connectivity index (χ0n) is 10.6. The second-order valence-corrected chi connectivity index (χ2v) is 4.56. The second-order valence-electron chi connectivity index (χ2n) is 4.56. The van der Waals surface area contributed by atoms with Crippen molar-refractivity contribution in [3.05, 3.63) is 28.3 Å². The van der Waals surface area contributed by atoms with E-state index in [0.717, 1.165) is 36.8 Å². The average Bonchev–Trinajstić information content (AvgIpc) is 2.37. The molecule has 18 heavy (non-hydrogen) atoms. The Bertz CT molecular complexity index is 517. The third kappa shape index (κ3) is 1.98. The number of rotatable bonds is 3. The van der Waals surface area contributed by atoms with Gasteiger partial charge in [-0.25, -0.2) is 4.79 Å². The first-order valence-corrected chi connectivity index (χ1v) is 6.03. The highest BCUT2D eigenvalue weighted by atomic mass is 16.5. The highest BCUT2D eigenvalue weighted by molar-refractivity contribution is 6.41. The van der Waals surface area contributed by atoms with Gasteiger partial charge in [0.2, 0.25) is 0 Å². The van der Waals surface area contributed by atoms with Crippen LogP contribution in [-0.2, 0) is 17.6 Å². The summed E-state index contributed by atoms with van der Waals surface area (Å²) in [6, 6.07) is 1.82. The minimum absolute atomic E-state index is 0.200. The summed E-state index contributed by atoms with van der Waals surface area (Å²) in [6.07, 6.45) is 4.09. The van der Waals surface area contributed by atoms with Gasteiger partial charge in [-0.3, -0.25) is 4.79 Å². The first-order valence-electron chi connectivity index (χ1n) is 6.03. The molecular formula is C14H16O4. The van der Waals surface area contributed by atoms with Crippen molar-refractivity contribution in [3.8, 4) is 5.75 Å². The molecule has 0 bridgehead atoms. The summed E-state index contributed by atoms with van der Waals surface area (Å²) < 4.78 is 5.18. The third-order valence-corrected chi connectivity index (χ3v) is 3.53. The van der Waals surface area contributed by atoms with Crippen LogP contribution in [0.3, 0.4) is 0 Å². The molecule has 0 fully saturated rings. The van der Waals surface area contributed by atoms with Crippen molar-refractivity contribution in [1.29, 1.82) is 0 Å². The fourth-order valence-electron chi connectivity index (χ4n) is 2.63. The molecule has 0 atom stereocenters. The number of ether oxygens (including phenoxy) is 1. The van der Waals surface area contributed by atoms with Crippen LogP contribution in [0.2, 0.25) is 0 Å². The van der Waals surface area contributed by atoms with Crippen LogP contribution in [0.1, 0.15) is 39.9 Å². The maximum Gasteiger partial charge on any atom is 0.377 e. The maximum atomic E-state index is 11.8. The molecule has 0 aliphatic heterocycles. The fourth-order valence-corrected chi connectivity index (χ4v) is 2.63. The Kier molecular flexibility index (Phi) is 3.36. The van der Waals surface area contributed by atoms with Crippen LogP contribution in [0.25, 0.3) is 0 Å². The Morgan fingerprint density at radius 3 is 2.56 bits per heavy atom. The summed E-state index contributed by atoms with van der Waals surface area (Å²) in [5.74, 6) is -1.95. The molecule has 96 valence electrons. The van der Waals surface area contributed by atoms with E-state index in [4.69, 9.17) is 9.84 Å². The van der Waals surface area contributed by atoms with Gasteiger partial charge in [-0.1, -0.05) is 0 Å². The van der Waals surface area contributed by atoms with E-state index in [0.29, 0.717) is 5.75 Å². The monoisotopic (exact) mass is 248 g/mol. The van der Waals surface area contributed by atoms with Crippen molar-refractivity contribution in [3.63, 3.8) is 0 Å². The van der Waals surface area contributed by atoms with Crippen LogP contribution in [0, 0.1) is 6.92 Å². The molecule has 1 aromatic rings. The van der Waals surface area contributed by atoms with E-state index in [1.54, 1.807) is 0 Å². The third-order valence-electron chi connectivity index (χ3n) is 3.53. The van der Waals surface area contributed by atoms with Gasteiger partial charge >= 0.3 is 5.97 Å². The number of carbonyl (C=O) groups excluding carboxylic acids is 1. The smallest absolute Gasteiger partial charge is 0.377 e. The Labute approximate surface area is 106 Å². The van der Waals surface area contributed by atoms with Gasteiger partial charge in [0.1, 0.15) is 5.75 Å². The Morgan fingerprint density at radius 1 is 1.28 bits per heavy atom. The molecule has 1 aliphatic carbocycles. The van der Waals surface area contributed by atoms with Crippen molar-refractivity contribution in [2.24, 2.45) is 0 Å². The van der Waals surface area contributed by atoms with Gasteiger partial charge in [0.15, 0.2) is 0 Å². The number of methoxy groups -OCH3 is 1. The molecule has 0 spiro atoms. The SMILES string of the molecule is COc1cc2c(c(C)c1C(=O)C(=O)O)CCCC2. The summed E-state index contributed by atoms with van der Waals surface area (Å²) in [5.41, 5.74) is 3.26. The lowest BCUT2D eigenvalue weighted by molar-refractivity contribution is -0.131. The van der Waals surface area contributed by atoms with Crippen LogP contribution in [0.5, 0.6) is 5.75 Å². The summed E-state index contributed by atoms with van der Waals surface area (Å²) >= 11 is 0. The van der Waals surface area contributed by atoms with Gasteiger partial charge in [-0.2, -0.15) is 0 Å². The minimum atomic E-state index is -1.44. The number of fused-ring (bicyclic) bond motifs is 1. The zero-order valence-corrected chi connectivity index (χ0v) is 10.6. The van der Waals surface area contributed by atoms with Gasteiger partial charge in [-0.15, -0.1) is 0 Å². The van der Waals surface area contributed by atoms with Gasteiger partial charge < -0.3 is 9.84 Å². The number of Topliss-reactive ketones (excluding diaryl/α,β-unsaturated/α-hetero) is 1. The second kappa shape index (κ2) is 4.80. The topological polar surface area (TPSA) is 63.6 Å². The Morgan fingerprint density at radius 2 is 1.94 bits per heavy atom. The molecule has 0 saturated carbocycles. The minimum Gasteiger partial charge on any atom is -0.496 e. The number of carboxylic acid groups (broad SMARTS) is 1. The van der Waals surface area contributed by atoms with Gasteiger partial charge in [0, 0.05) is 0 Å². The molecule has 2 rings (SSSR count). The lowest BCUT2D eigenvalue weighted by Crippen LogP contribution is -2.18. The van der Waals surface area contributed by atoms with E-state index in [1.165, 1.54) is 12.7 Å². The van der Waals surface area contributed by atoms with E-state index < -0.39 is 11.8 Å². The quantitative estimate of drug-likeness (QED) is 0.657. The first-order chi connectivity index (χ1) is 8.56. The summed E-state index contributed by atoms with van der Waals surface area (Å²) in [7, 11) is 1.46. The molecule has 1 aliphatic rings. The van der Waals surface area contributed by atoms with Crippen molar-refractivity contribution < 1.29 is 19.4 Å². The lowest BCUT2D eigenvalue weighted by Gasteiger charge is -2.21. The van der Waals surface area contributed by atoms with Gasteiger partial charge in [0.05, 0.1) is 12.7 Å². The summed E-state index contributed by atoms with van der Waals surface area (Å²) in [4.78, 5) is 22.6. The fraction of sp³-hybridized carbons (Fsp3) is 0.429. The summed E-state index contributed by atoms with van der Waals surface area (Å²) in [5, 5.41) is 8.88. The van der Waals surface area contributed by atoms with Crippen LogP contribution in [-0.4, -0.2) is 24.0 Å². The number of ketones is 1. The summed E-state index contributed by atoms with van der Waals surface area (Å²) in [6.45, 7) is 1.81. The largest absolute Gasteiger partial charge is 0.496 e. The van der Waals surface area contributed by atoms with Crippen molar-refractivity contribution in [1.82, 2.24) is 0 Å². The highest BCUT2D eigenvalue weighted by Crippen LogP contribution is 2.33. The highest BCUT2D eigenvalue weighted by Gasteiger charge is 2.26. The van der Waals surface area contributed by atoms with Gasteiger partial charge in [-0.05, 0) is 55.4 Å². The van der Waals surface area contributed by atoms with E-state index in [1.807, 2.05) is 13.0 Å². The number of carbonyl (C=O) groups is 2. The molecular weight excluding hydrogens is 232 g/mol. The molecule has 0 heterocycles. The number of aryl methyl sites for hydroxylation is 1.